The van der Waals surface area contributed by atoms with E-state index in [1.54, 1.807) is 6.26 Å². The molecule has 0 amide bonds. The fourth-order valence-electron chi connectivity index (χ4n) is 1.37. The molecule has 0 aliphatic heterocycles. The summed E-state index contributed by atoms with van der Waals surface area (Å²) in [6.07, 6.45) is 1.67. The third-order valence-electron chi connectivity index (χ3n) is 1.97. The van der Waals surface area contributed by atoms with Gasteiger partial charge in [-0.05, 0) is 31.2 Å². The molecule has 0 N–H and O–H groups in total. The molecule has 1 aromatic heterocycles. The third kappa shape index (κ3) is 1.55. The molecule has 0 saturated carbocycles. The summed E-state index contributed by atoms with van der Waals surface area (Å²) in [6.45, 7) is 1.83. The van der Waals surface area contributed by atoms with Gasteiger partial charge in [0.2, 0.25) is 0 Å². The smallest absolute Gasteiger partial charge is 0.135 e. The average molecular weight is 182 g/mol. The Labute approximate surface area is 83.4 Å². The lowest BCUT2D eigenvalue weighted by Gasteiger charge is -1.99. The molecule has 1 nitrogen and oxygen atoms in total. The van der Waals surface area contributed by atoms with Crippen LogP contribution in [0, 0.1) is 11.8 Å². The van der Waals surface area contributed by atoms with Crippen molar-refractivity contribution in [1.82, 2.24) is 0 Å². The van der Waals surface area contributed by atoms with Crippen molar-refractivity contribution in [3.63, 3.8) is 0 Å². The predicted molar refractivity (Wildman–Crippen MR) is 56.7 cm³/mol. The first-order valence-corrected chi connectivity index (χ1v) is 4.47. The fraction of sp³-hybridized carbons (Fsp3) is 0.0769. The van der Waals surface area contributed by atoms with Gasteiger partial charge in [-0.2, -0.15) is 0 Å². The van der Waals surface area contributed by atoms with Gasteiger partial charge in [0.05, 0.1) is 6.26 Å². The molecule has 2 rings (SSSR count). The summed E-state index contributed by atoms with van der Waals surface area (Å²) < 4.78 is 5.34. The van der Waals surface area contributed by atoms with Crippen LogP contribution in [0.3, 0.4) is 0 Å². The summed E-state index contributed by atoms with van der Waals surface area (Å²) in [5, 5.41) is 0. The highest BCUT2D eigenvalue weighted by Crippen LogP contribution is 2.23. The van der Waals surface area contributed by atoms with Crippen molar-refractivity contribution >= 4 is 0 Å². The molecule has 2 aromatic rings. The summed E-state index contributed by atoms with van der Waals surface area (Å²) >= 11 is 0. The normalized spacial score (nSPS) is 9.21. The number of furan rings is 1. The fourth-order valence-corrected chi connectivity index (χ4v) is 1.37. The maximum Gasteiger partial charge on any atom is 0.135 e. The SMILES string of the molecule is CC#Cc1ccccc1-c1ccco1. The molecule has 1 heteroatoms. The van der Waals surface area contributed by atoms with E-state index in [0.29, 0.717) is 0 Å². The van der Waals surface area contributed by atoms with Crippen LogP contribution in [0.2, 0.25) is 0 Å². The Morgan fingerprint density at radius 3 is 2.64 bits per heavy atom. The molecule has 0 atom stereocenters. The first-order chi connectivity index (χ1) is 6.92. The van der Waals surface area contributed by atoms with Gasteiger partial charge in [-0.25, -0.2) is 0 Å². The van der Waals surface area contributed by atoms with Crippen molar-refractivity contribution in [2.45, 2.75) is 6.92 Å². The van der Waals surface area contributed by atoms with Crippen LogP contribution in [0.15, 0.2) is 47.1 Å². The van der Waals surface area contributed by atoms with Crippen LogP contribution in [-0.2, 0) is 0 Å². The van der Waals surface area contributed by atoms with Crippen LogP contribution in [-0.4, -0.2) is 0 Å². The van der Waals surface area contributed by atoms with Crippen molar-refractivity contribution in [3.8, 4) is 23.2 Å². The van der Waals surface area contributed by atoms with E-state index < -0.39 is 0 Å². The minimum atomic E-state index is 0.864. The summed E-state index contributed by atoms with van der Waals surface area (Å²) in [5.41, 5.74) is 2.05. The van der Waals surface area contributed by atoms with Crippen molar-refractivity contribution in [1.29, 1.82) is 0 Å². The Hall–Kier alpha value is -1.94. The largest absolute Gasteiger partial charge is 0.464 e. The van der Waals surface area contributed by atoms with Gasteiger partial charge in [0.25, 0.3) is 0 Å². The molecule has 14 heavy (non-hydrogen) atoms. The van der Waals surface area contributed by atoms with E-state index in [9.17, 15) is 0 Å². The van der Waals surface area contributed by atoms with Crippen LogP contribution < -0.4 is 0 Å². The van der Waals surface area contributed by atoms with E-state index in [4.69, 9.17) is 4.42 Å². The van der Waals surface area contributed by atoms with Crippen molar-refractivity contribution in [3.05, 3.63) is 48.2 Å². The molecule has 0 bridgehead atoms. The first kappa shape index (κ1) is 8.65. The molecular weight excluding hydrogens is 172 g/mol. The van der Waals surface area contributed by atoms with Crippen molar-refractivity contribution in [2.75, 3.05) is 0 Å². The van der Waals surface area contributed by atoms with Gasteiger partial charge >= 0.3 is 0 Å². The quantitative estimate of drug-likeness (QED) is 0.616. The number of benzene rings is 1. The van der Waals surface area contributed by atoms with Gasteiger partial charge in [-0.3, -0.25) is 0 Å². The summed E-state index contributed by atoms with van der Waals surface area (Å²) in [5.74, 6) is 6.81. The van der Waals surface area contributed by atoms with E-state index in [2.05, 4.69) is 11.8 Å². The van der Waals surface area contributed by atoms with E-state index in [0.717, 1.165) is 16.9 Å². The zero-order valence-electron chi connectivity index (χ0n) is 7.95. The first-order valence-electron chi connectivity index (χ1n) is 4.47. The van der Waals surface area contributed by atoms with Gasteiger partial charge < -0.3 is 4.42 Å². The Balaban J connectivity index is 2.56. The maximum atomic E-state index is 5.34. The lowest BCUT2D eigenvalue weighted by molar-refractivity contribution is 0.582. The second-order valence-electron chi connectivity index (χ2n) is 2.90. The molecule has 1 aromatic carbocycles. The molecular formula is C13H10O. The standard InChI is InChI=1S/C13H10O/c1-2-6-11-7-3-4-8-12(11)13-9-5-10-14-13/h3-5,7-10H,1H3. The lowest BCUT2D eigenvalue weighted by Crippen LogP contribution is -1.80. The molecule has 0 spiro atoms. The average Bonchev–Trinajstić information content (AvgIpc) is 2.72. The molecule has 68 valence electrons. The number of hydrogen-bond donors (Lipinski definition) is 0. The summed E-state index contributed by atoms with van der Waals surface area (Å²) in [7, 11) is 0. The minimum absolute atomic E-state index is 0.864. The molecule has 0 unspecified atom stereocenters. The van der Waals surface area contributed by atoms with Gasteiger partial charge in [-0.15, -0.1) is 5.92 Å². The monoisotopic (exact) mass is 182 g/mol. The Morgan fingerprint density at radius 1 is 1.07 bits per heavy atom. The van der Waals surface area contributed by atoms with Crippen LogP contribution in [0.5, 0.6) is 0 Å². The molecule has 0 saturated heterocycles. The van der Waals surface area contributed by atoms with Crippen molar-refractivity contribution < 1.29 is 4.42 Å². The molecule has 0 radical (unpaired) electrons. The number of hydrogen-bond acceptors (Lipinski definition) is 1. The third-order valence-corrected chi connectivity index (χ3v) is 1.97. The summed E-state index contributed by atoms with van der Waals surface area (Å²) in [4.78, 5) is 0. The van der Waals surface area contributed by atoms with Gasteiger partial charge in [-0.1, -0.05) is 18.1 Å². The molecule has 0 aliphatic rings. The second-order valence-corrected chi connectivity index (χ2v) is 2.90. The van der Waals surface area contributed by atoms with Gasteiger partial charge in [0, 0.05) is 11.1 Å². The van der Waals surface area contributed by atoms with E-state index in [1.807, 2.05) is 43.3 Å². The molecule has 0 aliphatic carbocycles. The number of rotatable bonds is 1. The van der Waals surface area contributed by atoms with Crippen LogP contribution in [0.4, 0.5) is 0 Å². The molecule has 0 fully saturated rings. The Bertz CT molecular complexity index is 469. The van der Waals surface area contributed by atoms with Crippen LogP contribution in [0.25, 0.3) is 11.3 Å². The second kappa shape index (κ2) is 3.85. The van der Waals surface area contributed by atoms with Crippen molar-refractivity contribution in [2.24, 2.45) is 0 Å². The Morgan fingerprint density at radius 2 is 1.93 bits per heavy atom. The van der Waals surface area contributed by atoms with Crippen LogP contribution in [0.1, 0.15) is 12.5 Å². The highest BCUT2D eigenvalue weighted by Gasteiger charge is 2.03. The van der Waals surface area contributed by atoms with Crippen LogP contribution >= 0.6 is 0 Å². The van der Waals surface area contributed by atoms with E-state index >= 15 is 0 Å². The van der Waals surface area contributed by atoms with E-state index in [1.165, 1.54) is 0 Å². The van der Waals surface area contributed by atoms with E-state index in [-0.39, 0.29) is 0 Å². The predicted octanol–water partition coefficient (Wildman–Crippen LogP) is 3.32. The summed E-state index contributed by atoms with van der Waals surface area (Å²) in [6, 6.07) is 11.8. The molecule has 1 heterocycles. The highest BCUT2D eigenvalue weighted by molar-refractivity contribution is 5.66. The maximum absolute atomic E-state index is 5.34. The minimum Gasteiger partial charge on any atom is -0.464 e. The Kier molecular flexibility index (Phi) is 2.38. The van der Waals surface area contributed by atoms with Gasteiger partial charge in [0.15, 0.2) is 0 Å². The zero-order valence-corrected chi connectivity index (χ0v) is 7.95. The highest BCUT2D eigenvalue weighted by atomic mass is 16.3. The topological polar surface area (TPSA) is 13.1 Å². The lowest BCUT2D eigenvalue weighted by atomic mass is 10.1. The zero-order chi connectivity index (χ0) is 9.80. The van der Waals surface area contributed by atoms with Gasteiger partial charge in [0.1, 0.15) is 5.76 Å².